The first-order chi connectivity index (χ1) is 8.95. The highest BCUT2D eigenvalue weighted by Gasteiger charge is 2.19. The number of allylic oxidation sites excluding steroid dienone is 1. The van der Waals surface area contributed by atoms with Crippen LogP contribution in [0.2, 0.25) is 0 Å². The summed E-state index contributed by atoms with van der Waals surface area (Å²) < 4.78 is 4.64. The highest BCUT2D eigenvalue weighted by molar-refractivity contribution is 5.97. The largest absolute Gasteiger partial charge is 0.389 e. The first kappa shape index (κ1) is 14.6. The summed E-state index contributed by atoms with van der Waals surface area (Å²) in [6, 6.07) is 5.01. The van der Waals surface area contributed by atoms with Crippen molar-refractivity contribution in [1.29, 1.82) is 0 Å². The quantitative estimate of drug-likeness (QED) is 0.268. The maximum Gasteiger partial charge on any atom is 0.346 e. The Labute approximate surface area is 109 Å². The molecule has 0 bridgehead atoms. The Bertz CT molecular complexity index is 524. The minimum absolute atomic E-state index is 0.0339. The summed E-state index contributed by atoms with van der Waals surface area (Å²) in [5.74, 6) is -2.07. The SMILES string of the molecule is C=CCC(C)C(=O)OC(=O)c1cccc([N+](=O)[O-])c1. The molecule has 1 aromatic rings. The second-order valence-electron chi connectivity index (χ2n) is 3.94. The molecular formula is C13H13NO5. The van der Waals surface area contributed by atoms with Gasteiger partial charge in [-0.2, -0.15) is 0 Å². The van der Waals surface area contributed by atoms with Gasteiger partial charge in [0.05, 0.1) is 16.4 Å². The van der Waals surface area contributed by atoms with Gasteiger partial charge in [-0.1, -0.05) is 19.1 Å². The van der Waals surface area contributed by atoms with E-state index in [9.17, 15) is 19.7 Å². The summed E-state index contributed by atoms with van der Waals surface area (Å²) in [5, 5.41) is 10.6. The molecule has 0 spiro atoms. The van der Waals surface area contributed by atoms with Gasteiger partial charge in [0.1, 0.15) is 0 Å². The average Bonchev–Trinajstić information content (AvgIpc) is 2.39. The van der Waals surface area contributed by atoms with Gasteiger partial charge in [0, 0.05) is 12.1 Å². The smallest absolute Gasteiger partial charge is 0.346 e. The fourth-order valence-electron chi connectivity index (χ4n) is 1.34. The van der Waals surface area contributed by atoms with E-state index in [1.807, 2.05) is 0 Å². The second kappa shape index (κ2) is 6.44. The maximum atomic E-state index is 11.6. The number of carbonyl (C=O) groups excluding carboxylic acids is 2. The molecule has 0 amide bonds. The molecule has 100 valence electrons. The molecule has 6 heteroatoms. The number of hydrogen-bond acceptors (Lipinski definition) is 5. The lowest BCUT2D eigenvalue weighted by Gasteiger charge is -2.07. The molecule has 1 aromatic carbocycles. The highest BCUT2D eigenvalue weighted by atomic mass is 16.6. The van der Waals surface area contributed by atoms with Gasteiger partial charge in [-0.3, -0.25) is 14.9 Å². The summed E-state index contributed by atoms with van der Waals surface area (Å²) in [4.78, 5) is 33.1. The minimum Gasteiger partial charge on any atom is -0.389 e. The van der Waals surface area contributed by atoms with E-state index in [4.69, 9.17) is 0 Å². The first-order valence-corrected chi connectivity index (χ1v) is 5.57. The Morgan fingerprint density at radius 1 is 1.53 bits per heavy atom. The van der Waals surface area contributed by atoms with E-state index in [0.29, 0.717) is 6.42 Å². The number of non-ortho nitro benzene ring substituents is 1. The summed E-state index contributed by atoms with van der Waals surface area (Å²) in [6.07, 6.45) is 1.94. The van der Waals surface area contributed by atoms with Crippen LogP contribution in [0.25, 0.3) is 0 Å². The van der Waals surface area contributed by atoms with E-state index < -0.39 is 22.8 Å². The molecule has 0 heterocycles. The van der Waals surface area contributed by atoms with Crippen LogP contribution in [0.4, 0.5) is 5.69 Å². The molecule has 0 aliphatic rings. The van der Waals surface area contributed by atoms with Crippen molar-refractivity contribution >= 4 is 17.6 Å². The number of hydrogen-bond donors (Lipinski definition) is 0. The van der Waals surface area contributed by atoms with Crippen molar-refractivity contribution in [3.8, 4) is 0 Å². The number of nitro groups is 1. The van der Waals surface area contributed by atoms with Crippen molar-refractivity contribution in [3.05, 3.63) is 52.6 Å². The number of ether oxygens (including phenoxy) is 1. The summed E-state index contributed by atoms with van der Waals surface area (Å²) in [6.45, 7) is 5.09. The molecule has 19 heavy (non-hydrogen) atoms. The van der Waals surface area contributed by atoms with Crippen LogP contribution >= 0.6 is 0 Å². The van der Waals surface area contributed by atoms with Crippen molar-refractivity contribution in [3.63, 3.8) is 0 Å². The first-order valence-electron chi connectivity index (χ1n) is 5.57. The van der Waals surface area contributed by atoms with Gasteiger partial charge in [0.15, 0.2) is 0 Å². The molecular weight excluding hydrogens is 250 g/mol. The van der Waals surface area contributed by atoms with Crippen molar-refractivity contribution in [2.24, 2.45) is 5.92 Å². The van der Waals surface area contributed by atoms with Crippen LogP contribution in [0.15, 0.2) is 36.9 Å². The van der Waals surface area contributed by atoms with Crippen LogP contribution in [0.3, 0.4) is 0 Å². The average molecular weight is 263 g/mol. The van der Waals surface area contributed by atoms with Gasteiger partial charge in [-0.25, -0.2) is 4.79 Å². The van der Waals surface area contributed by atoms with Crippen LogP contribution in [0.1, 0.15) is 23.7 Å². The fourth-order valence-corrected chi connectivity index (χ4v) is 1.34. The minimum atomic E-state index is -0.899. The van der Waals surface area contributed by atoms with E-state index in [2.05, 4.69) is 11.3 Å². The molecule has 0 radical (unpaired) electrons. The van der Waals surface area contributed by atoms with Crippen molar-refractivity contribution in [1.82, 2.24) is 0 Å². The number of nitro benzene ring substituents is 1. The molecule has 1 atom stereocenters. The van der Waals surface area contributed by atoms with Crippen LogP contribution in [0.5, 0.6) is 0 Å². The zero-order chi connectivity index (χ0) is 14.4. The van der Waals surface area contributed by atoms with Crippen molar-refractivity contribution in [2.75, 3.05) is 0 Å². The number of benzene rings is 1. The van der Waals surface area contributed by atoms with Crippen LogP contribution in [0, 0.1) is 16.0 Å². The Morgan fingerprint density at radius 3 is 2.79 bits per heavy atom. The third-order valence-corrected chi connectivity index (χ3v) is 2.41. The zero-order valence-electron chi connectivity index (χ0n) is 10.4. The third kappa shape index (κ3) is 4.02. The van der Waals surface area contributed by atoms with Crippen LogP contribution in [-0.4, -0.2) is 16.9 Å². The van der Waals surface area contributed by atoms with Gasteiger partial charge >= 0.3 is 11.9 Å². The van der Waals surface area contributed by atoms with E-state index in [1.54, 1.807) is 13.0 Å². The fraction of sp³-hybridized carbons (Fsp3) is 0.231. The Morgan fingerprint density at radius 2 is 2.21 bits per heavy atom. The molecule has 0 fully saturated rings. The maximum absolute atomic E-state index is 11.6. The van der Waals surface area contributed by atoms with E-state index >= 15 is 0 Å². The molecule has 6 nitrogen and oxygen atoms in total. The van der Waals surface area contributed by atoms with E-state index in [0.717, 1.165) is 6.07 Å². The lowest BCUT2D eigenvalue weighted by atomic mass is 10.1. The third-order valence-electron chi connectivity index (χ3n) is 2.41. The predicted molar refractivity (Wildman–Crippen MR) is 67.5 cm³/mol. The van der Waals surface area contributed by atoms with Crippen LogP contribution < -0.4 is 0 Å². The summed E-state index contributed by atoms with van der Waals surface area (Å²) in [7, 11) is 0. The molecule has 1 rings (SSSR count). The molecule has 0 aromatic heterocycles. The van der Waals surface area contributed by atoms with E-state index in [1.165, 1.54) is 18.2 Å². The zero-order valence-corrected chi connectivity index (χ0v) is 10.4. The van der Waals surface area contributed by atoms with Gasteiger partial charge in [-0.05, 0) is 12.5 Å². The topological polar surface area (TPSA) is 86.5 Å². The van der Waals surface area contributed by atoms with E-state index in [-0.39, 0.29) is 11.3 Å². The Hall–Kier alpha value is -2.50. The molecule has 0 saturated carbocycles. The van der Waals surface area contributed by atoms with Gasteiger partial charge in [0.2, 0.25) is 0 Å². The molecule has 0 aliphatic heterocycles. The molecule has 1 unspecified atom stereocenters. The summed E-state index contributed by atoms with van der Waals surface area (Å²) in [5.41, 5.74) is -0.269. The lowest BCUT2D eigenvalue weighted by Crippen LogP contribution is -2.19. The van der Waals surface area contributed by atoms with Gasteiger partial charge in [0.25, 0.3) is 5.69 Å². The van der Waals surface area contributed by atoms with Gasteiger partial charge in [-0.15, -0.1) is 6.58 Å². The number of esters is 2. The molecule has 0 saturated heterocycles. The number of rotatable bonds is 5. The lowest BCUT2D eigenvalue weighted by molar-refractivity contribution is -0.384. The monoisotopic (exact) mass is 263 g/mol. The highest BCUT2D eigenvalue weighted by Crippen LogP contribution is 2.15. The van der Waals surface area contributed by atoms with Gasteiger partial charge < -0.3 is 4.74 Å². The number of carbonyl (C=O) groups is 2. The van der Waals surface area contributed by atoms with Crippen molar-refractivity contribution in [2.45, 2.75) is 13.3 Å². The van der Waals surface area contributed by atoms with Crippen LogP contribution in [-0.2, 0) is 9.53 Å². The second-order valence-corrected chi connectivity index (χ2v) is 3.94. The Kier molecular flexibility index (Phi) is 4.93. The Balaban J connectivity index is 2.78. The summed E-state index contributed by atoms with van der Waals surface area (Å²) >= 11 is 0. The van der Waals surface area contributed by atoms with Crippen molar-refractivity contribution < 1.29 is 19.2 Å². The standard InChI is InChI=1S/C13H13NO5/c1-3-5-9(2)12(15)19-13(16)10-6-4-7-11(8-10)14(17)18/h3-4,6-9H,1,5H2,2H3. The normalized spacial score (nSPS) is 11.4. The molecule has 0 N–H and O–H groups in total. The predicted octanol–water partition coefficient (Wildman–Crippen LogP) is 2.49. The molecule has 0 aliphatic carbocycles. The number of nitrogens with zero attached hydrogens (tertiary/aromatic N) is 1.